The normalized spacial score (nSPS) is 24.4. The van der Waals surface area contributed by atoms with E-state index in [0.717, 1.165) is 12.8 Å². The summed E-state index contributed by atoms with van der Waals surface area (Å²) in [5.74, 6) is 0.321. The van der Waals surface area contributed by atoms with Crippen molar-refractivity contribution in [3.8, 4) is 0 Å². The van der Waals surface area contributed by atoms with Crippen LogP contribution in [0.2, 0.25) is 0 Å². The predicted molar refractivity (Wildman–Crippen MR) is 41.8 cm³/mol. The Balaban J connectivity index is 0.00000144. The quantitative estimate of drug-likeness (QED) is 0.560. The van der Waals surface area contributed by atoms with E-state index in [0.29, 0.717) is 19.2 Å². The number of hydrogen-bond donors (Lipinski definition) is 0. The minimum atomic E-state index is -4.77. The van der Waals surface area contributed by atoms with Gasteiger partial charge in [0.05, 0.1) is 6.61 Å². The molecule has 1 fully saturated rings. The maximum atomic E-state index is 11.7. The average molecular weight is 218 g/mol. The Morgan fingerprint density at radius 1 is 1.31 bits per heavy atom. The SMILES string of the molecule is F[B-](F)(F)/C=C/C1CCCOC1.[K+]. The Morgan fingerprint density at radius 3 is 2.46 bits per heavy atom. The second-order valence-electron chi connectivity index (χ2n) is 2.99. The van der Waals surface area contributed by atoms with Crippen molar-refractivity contribution in [1.82, 2.24) is 0 Å². The molecule has 0 saturated carbocycles. The zero-order valence-electron chi connectivity index (χ0n) is 7.68. The van der Waals surface area contributed by atoms with Crippen molar-refractivity contribution in [2.75, 3.05) is 13.2 Å². The van der Waals surface area contributed by atoms with Gasteiger partial charge in [-0.05, 0) is 18.8 Å². The molecule has 0 bridgehead atoms. The van der Waals surface area contributed by atoms with Gasteiger partial charge in [0, 0.05) is 6.61 Å². The number of hydrogen-bond acceptors (Lipinski definition) is 1. The Morgan fingerprint density at radius 2 is 2.00 bits per heavy atom. The van der Waals surface area contributed by atoms with E-state index in [2.05, 4.69) is 0 Å². The zero-order chi connectivity index (χ0) is 9.03. The fourth-order valence-electron chi connectivity index (χ4n) is 1.20. The molecule has 13 heavy (non-hydrogen) atoms. The molecular formula is C7H11BF3KO. The van der Waals surface area contributed by atoms with Crippen LogP contribution in [0, 0.1) is 5.92 Å². The van der Waals surface area contributed by atoms with Gasteiger partial charge < -0.3 is 17.7 Å². The van der Waals surface area contributed by atoms with Crippen molar-refractivity contribution in [2.24, 2.45) is 5.92 Å². The van der Waals surface area contributed by atoms with Crippen LogP contribution in [0.25, 0.3) is 0 Å². The van der Waals surface area contributed by atoms with E-state index in [-0.39, 0.29) is 57.3 Å². The number of rotatable bonds is 2. The van der Waals surface area contributed by atoms with Crippen molar-refractivity contribution in [3.63, 3.8) is 0 Å². The second-order valence-corrected chi connectivity index (χ2v) is 2.99. The predicted octanol–water partition coefficient (Wildman–Crippen LogP) is -0.640. The van der Waals surface area contributed by atoms with Crippen LogP contribution in [0.5, 0.6) is 0 Å². The van der Waals surface area contributed by atoms with Crippen molar-refractivity contribution >= 4 is 6.98 Å². The minimum Gasteiger partial charge on any atom is -0.445 e. The monoisotopic (exact) mass is 218 g/mol. The molecule has 0 aromatic carbocycles. The molecule has 70 valence electrons. The summed E-state index contributed by atoms with van der Waals surface area (Å²) < 4.78 is 40.3. The molecule has 0 spiro atoms. The molecule has 6 heteroatoms. The molecule has 0 aromatic heterocycles. The first-order valence-electron chi connectivity index (χ1n) is 4.05. The van der Waals surface area contributed by atoms with Gasteiger partial charge in [-0.2, -0.15) is 0 Å². The number of halogens is 3. The zero-order valence-corrected chi connectivity index (χ0v) is 10.8. The summed E-state index contributed by atoms with van der Waals surface area (Å²) in [5, 5.41) is 0. The summed E-state index contributed by atoms with van der Waals surface area (Å²) >= 11 is 0. The fraction of sp³-hybridized carbons (Fsp3) is 0.714. The summed E-state index contributed by atoms with van der Waals surface area (Å²) in [7, 11) is 0. The largest absolute Gasteiger partial charge is 1.00 e. The van der Waals surface area contributed by atoms with Crippen molar-refractivity contribution in [2.45, 2.75) is 12.8 Å². The first-order chi connectivity index (χ1) is 5.58. The fourth-order valence-corrected chi connectivity index (χ4v) is 1.20. The molecule has 1 atom stereocenters. The third kappa shape index (κ3) is 7.16. The molecule has 1 aliphatic heterocycles. The van der Waals surface area contributed by atoms with Gasteiger partial charge in [0.25, 0.3) is 0 Å². The van der Waals surface area contributed by atoms with Crippen LogP contribution in [-0.2, 0) is 4.74 Å². The third-order valence-corrected chi connectivity index (χ3v) is 1.80. The molecule has 1 rings (SSSR count). The Labute approximate surface area is 119 Å². The average Bonchev–Trinajstić information content (AvgIpc) is 2.02. The van der Waals surface area contributed by atoms with Crippen molar-refractivity contribution in [1.29, 1.82) is 0 Å². The summed E-state index contributed by atoms with van der Waals surface area (Å²) in [6, 6.07) is 0. The third-order valence-electron chi connectivity index (χ3n) is 1.80. The van der Waals surface area contributed by atoms with E-state index < -0.39 is 6.98 Å². The van der Waals surface area contributed by atoms with Crippen molar-refractivity contribution < 1.29 is 69.1 Å². The van der Waals surface area contributed by atoms with E-state index in [1.165, 1.54) is 6.08 Å². The van der Waals surface area contributed by atoms with Gasteiger partial charge in [-0.1, -0.05) is 0 Å². The van der Waals surface area contributed by atoms with Gasteiger partial charge in [0.1, 0.15) is 0 Å². The molecule has 0 N–H and O–H groups in total. The minimum absolute atomic E-state index is 0. The Hall–Kier alpha value is 1.19. The van der Waals surface area contributed by atoms with Gasteiger partial charge in [0.15, 0.2) is 0 Å². The maximum Gasteiger partial charge on any atom is 1.00 e. The molecule has 1 aliphatic rings. The van der Waals surface area contributed by atoms with E-state index in [1.54, 1.807) is 0 Å². The second kappa shape index (κ2) is 6.63. The first kappa shape index (κ1) is 14.2. The van der Waals surface area contributed by atoms with Gasteiger partial charge >= 0.3 is 58.4 Å². The molecule has 1 nitrogen and oxygen atoms in total. The molecule has 0 aromatic rings. The van der Waals surface area contributed by atoms with Crippen LogP contribution in [0.3, 0.4) is 0 Å². The maximum absolute atomic E-state index is 11.7. The molecule has 0 radical (unpaired) electrons. The van der Waals surface area contributed by atoms with Crippen LogP contribution < -0.4 is 51.4 Å². The molecule has 0 aliphatic carbocycles. The van der Waals surface area contributed by atoms with Crippen LogP contribution in [-0.4, -0.2) is 20.2 Å². The van der Waals surface area contributed by atoms with Crippen LogP contribution in [0.15, 0.2) is 12.1 Å². The van der Waals surface area contributed by atoms with E-state index in [9.17, 15) is 12.9 Å². The first-order valence-corrected chi connectivity index (χ1v) is 4.05. The molecular weight excluding hydrogens is 207 g/mol. The van der Waals surface area contributed by atoms with Gasteiger partial charge in [-0.15, -0.1) is 12.1 Å². The van der Waals surface area contributed by atoms with E-state index in [1.807, 2.05) is 0 Å². The van der Waals surface area contributed by atoms with E-state index >= 15 is 0 Å². The van der Waals surface area contributed by atoms with Crippen LogP contribution in [0.1, 0.15) is 12.8 Å². The molecule has 1 saturated heterocycles. The summed E-state index contributed by atoms with van der Waals surface area (Å²) in [4.78, 5) is 0. The van der Waals surface area contributed by atoms with E-state index in [4.69, 9.17) is 4.74 Å². The van der Waals surface area contributed by atoms with Gasteiger partial charge in [-0.25, -0.2) is 0 Å². The summed E-state index contributed by atoms with van der Waals surface area (Å²) in [6.45, 7) is -3.65. The smallest absolute Gasteiger partial charge is 0.445 e. The standard InChI is InChI=1S/C7H11BF3O.K/c9-8(10,11)4-3-7-2-1-5-12-6-7;/h3-4,7H,1-2,5-6H2;/q-1;+1/b4-3+;. The molecule has 1 heterocycles. The van der Waals surface area contributed by atoms with Crippen LogP contribution >= 0.6 is 0 Å². The summed E-state index contributed by atoms with van der Waals surface area (Å²) in [6.07, 6.45) is 2.89. The van der Waals surface area contributed by atoms with Crippen molar-refractivity contribution in [3.05, 3.63) is 12.1 Å². The summed E-state index contributed by atoms with van der Waals surface area (Å²) in [5.41, 5.74) is 0. The Bertz CT molecular complexity index is 166. The van der Waals surface area contributed by atoms with Gasteiger partial charge in [0.2, 0.25) is 0 Å². The molecule has 1 unspecified atom stereocenters. The topological polar surface area (TPSA) is 9.23 Å². The van der Waals surface area contributed by atoms with Crippen LogP contribution in [0.4, 0.5) is 12.9 Å². The van der Waals surface area contributed by atoms with Gasteiger partial charge in [-0.3, -0.25) is 0 Å². The molecule has 0 amide bonds. The number of ether oxygens (including phenoxy) is 1. The Kier molecular flexibility index (Phi) is 7.24.